The number of ether oxygens (including phenoxy) is 1. The maximum atomic E-state index is 10.6. The Balaban J connectivity index is 1.33. The molecule has 2 aliphatic rings. The molecule has 6 rings (SSSR count). The first-order chi connectivity index (χ1) is 18.1. The highest BCUT2D eigenvalue weighted by atomic mass is 16.5. The lowest BCUT2D eigenvalue weighted by atomic mass is 9.92. The Labute approximate surface area is 216 Å². The van der Waals surface area contributed by atoms with Crippen molar-refractivity contribution in [3.8, 4) is 23.1 Å². The zero-order chi connectivity index (χ0) is 25.2. The summed E-state index contributed by atoms with van der Waals surface area (Å²) in [7, 11) is 0. The third-order valence-corrected chi connectivity index (χ3v) is 7.31. The van der Waals surface area contributed by atoms with Gasteiger partial charge in [-0.25, -0.2) is 0 Å². The van der Waals surface area contributed by atoms with Crippen molar-refractivity contribution in [3.63, 3.8) is 0 Å². The second-order valence-electron chi connectivity index (χ2n) is 9.92. The van der Waals surface area contributed by atoms with Gasteiger partial charge in [0.15, 0.2) is 17.0 Å². The third kappa shape index (κ3) is 5.02. The molecule has 190 valence electrons. The Morgan fingerprint density at radius 2 is 1.89 bits per heavy atom. The van der Waals surface area contributed by atoms with Crippen LogP contribution in [0, 0.1) is 0 Å². The number of nitrogens with zero attached hydrogens (tertiary/aromatic N) is 4. The Morgan fingerprint density at radius 3 is 2.70 bits per heavy atom. The molecular weight excluding hydrogens is 464 g/mol. The summed E-state index contributed by atoms with van der Waals surface area (Å²) in [6, 6.07) is 16.1. The number of hydrogen-bond donors (Lipinski definition) is 3. The van der Waals surface area contributed by atoms with E-state index in [1.807, 2.05) is 0 Å². The van der Waals surface area contributed by atoms with E-state index in [2.05, 4.69) is 74.9 Å². The van der Waals surface area contributed by atoms with Crippen LogP contribution in [0.15, 0.2) is 54.6 Å². The summed E-state index contributed by atoms with van der Waals surface area (Å²) in [5, 5.41) is 14.2. The summed E-state index contributed by atoms with van der Waals surface area (Å²) in [4.78, 5) is 12.9. The molecule has 1 aliphatic carbocycles. The van der Waals surface area contributed by atoms with E-state index in [4.69, 9.17) is 10.5 Å². The Kier molecular flexibility index (Phi) is 6.49. The van der Waals surface area contributed by atoms with Crippen molar-refractivity contribution < 1.29 is 9.84 Å². The van der Waals surface area contributed by atoms with E-state index in [1.165, 1.54) is 41.5 Å². The highest BCUT2D eigenvalue weighted by Gasteiger charge is 2.18. The number of hydrogen-bond acceptors (Lipinski definition) is 7. The molecule has 4 N–H and O–H groups in total. The maximum Gasteiger partial charge on any atom is 0.320 e. The van der Waals surface area contributed by atoms with Gasteiger partial charge in [0.05, 0.1) is 13.2 Å². The van der Waals surface area contributed by atoms with Gasteiger partial charge in [0.1, 0.15) is 0 Å². The Morgan fingerprint density at radius 1 is 1.03 bits per heavy atom. The van der Waals surface area contributed by atoms with Gasteiger partial charge in [-0.05, 0) is 59.9 Å². The molecule has 8 heteroatoms. The first-order valence-electron chi connectivity index (χ1n) is 13.1. The van der Waals surface area contributed by atoms with E-state index < -0.39 is 0 Å². The van der Waals surface area contributed by atoms with Gasteiger partial charge in [0.25, 0.3) is 6.01 Å². The first-order valence-corrected chi connectivity index (χ1v) is 13.1. The molecule has 1 fully saturated rings. The lowest BCUT2D eigenvalue weighted by Gasteiger charge is -2.26. The van der Waals surface area contributed by atoms with Crippen molar-refractivity contribution >= 4 is 17.0 Å². The molecule has 2 aromatic carbocycles. The normalized spacial score (nSPS) is 17.1. The van der Waals surface area contributed by atoms with Gasteiger partial charge in [-0.3, -0.25) is 4.57 Å². The fraction of sp³-hybridized carbons (Fsp3) is 0.345. The molecular formula is C29H32N6O2. The smallest absolute Gasteiger partial charge is 0.320 e. The second kappa shape index (κ2) is 10.2. The van der Waals surface area contributed by atoms with Crippen molar-refractivity contribution in [2.45, 2.75) is 57.7 Å². The lowest BCUT2D eigenvalue weighted by Crippen LogP contribution is -2.34. The molecule has 4 aromatic rings. The van der Waals surface area contributed by atoms with E-state index in [0.29, 0.717) is 30.4 Å². The summed E-state index contributed by atoms with van der Waals surface area (Å²) in [5.41, 5.74) is 12.9. The second-order valence-corrected chi connectivity index (χ2v) is 9.92. The molecule has 37 heavy (non-hydrogen) atoms. The minimum absolute atomic E-state index is 0.144. The van der Waals surface area contributed by atoms with Gasteiger partial charge >= 0.3 is 6.01 Å². The van der Waals surface area contributed by atoms with E-state index >= 15 is 0 Å². The molecule has 0 radical (unpaired) electrons. The Hall–Kier alpha value is -3.91. The van der Waals surface area contributed by atoms with Crippen molar-refractivity contribution in [2.75, 3.05) is 12.3 Å². The van der Waals surface area contributed by atoms with Gasteiger partial charge in [-0.2, -0.15) is 15.0 Å². The number of benzene rings is 2. The molecule has 8 nitrogen and oxygen atoms in total. The number of nitrogens with one attached hydrogen (secondary N) is 1. The van der Waals surface area contributed by atoms with Crippen LogP contribution in [-0.2, 0) is 19.5 Å². The highest BCUT2D eigenvalue weighted by Crippen LogP contribution is 2.30. The van der Waals surface area contributed by atoms with Crippen LogP contribution in [0.1, 0.15) is 48.8 Å². The summed E-state index contributed by atoms with van der Waals surface area (Å²) >= 11 is 0. The highest BCUT2D eigenvalue weighted by molar-refractivity contribution is 5.83. The maximum absolute atomic E-state index is 10.6. The summed E-state index contributed by atoms with van der Waals surface area (Å²) in [6.45, 7) is 1.80. The van der Waals surface area contributed by atoms with Crippen LogP contribution in [0.3, 0.4) is 0 Å². The molecule has 3 heterocycles. The van der Waals surface area contributed by atoms with Gasteiger partial charge in [0.2, 0.25) is 0 Å². The monoisotopic (exact) mass is 496 g/mol. The number of fused-ring (bicyclic) bond motifs is 3. The molecule has 0 saturated heterocycles. The van der Waals surface area contributed by atoms with Crippen LogP contribution in [-0.4, -0.2) is 37.3 Å². The van der Waals surface area contributed by atoms with E-state index in [1.54, 1.807) is 4.57 Å². The minimum Gasteiger partial charge on any atom is -0.480 e. The van der Waals surface area contributed by atoms with Crippen molar-refractivity contribution in [1.82, 2.24) is 24.8 Å². The van der Waals surface area contributed by atoms with Crippen molar-refractivity contribution in [1.29, 1.82) is 0 Å². The standard InChI is InChI=1S/C29H32N6O2/c30-26-25-27-34-28(33-26)37-15-4-2-1-3-6-22-16-20(18-35(27)29(36)32-25)11-14-24(22)21-12-9-19(10-13-21)17-31-23-7-5-8-23/h1,3,9-14,16,23,31H,2,4-8,15,17-18H2,(H,32,36)(H2,30,33,34)/b3-1+. The van der Waals surface area contributed by atoms with Gasteiger partial charge in [-0.15, -0.1) is 0 Å². The molecule has 0 amide bonds. The summed E-state index contributed by atoms with van der Waals surface area (Å²) in [6.07, 6.45) is 10.9. The van der Waals surface area contributed by atoms with Crippen LogP contribution < -0.4 is 15.8 Å². The number of imidazole rings is 1. The SMILES string of the molecule is Nc1nc2nc3c1nc(O)n3Cc1ccc(-c3ccc(CNC4CCC4)cc3)c(c1)C/C=C/CCCO2. The average Bonchev–Trinajstić information content (AvgIpc) is 3.18. The molecule has 4 bridgehead atoms. The molecule has 1 aliphatic heterocycles. The molecule has 1 saturated carbocycles. The zero-order valence-electron chi connectivity index (χ0n) is 20.9. The van der Waals surface area contributed by atoms with Crippen LogP contribution in [0.25, 0.3) is 22.3 Å². The number of nitrogens with two attached hydrogens (primary N) is 1. The number of allylic oxidation sites excluding steroid dienone is 2. The van der Waals surface area contributed by atoms with Crippen LogP contribution >= 0.6 is 0 Å². The van der Waals surface area contributed by atoms with Crippen LogP contribution in [0.4, 0.5) is 5.82 Å². The predicted octanol–water partition coefficient (Wildman–Crippen LogP) is 4.74. The number of nitrogen functional groups attached to an aromatic ring is 1. The average molecular weight is 497 g/mol. The third-order valence-electron chi connectivity index (χ3n) is 7.31. The number of aromatic hydroxyl groups is 1. The largest absolute Gasteiger partial charge is 0.480 e. The molecule has 2 aromatic heterocycles. The molecule has 0 unspecified atom stereocenters. The zero-order valence-corrected chi connectivity index (χ0v) is 20.9. The number of anilines is 1. The fourth-order valence-electron chi connectivity index (χ4n) is 4.95. The quantitative estimate of drug-likeness (QED) is 0.350. The summed E-state index contributed by atoms with van der Waals surface area (Å²) < 4.78 is 7.39. The fourth-order valence-corrected chi connectivity index (χ4v) is 4.95. The van der Waals surface area contributed by atoms with Crippen molar-refractivity contribution in [2.24, 2.45) is 0 Å². The van der Waals surface area contributed by atoms with Gasteiger partial charge in [0, 0.05) is 12.6 Å². The number of rotatable bonds is 4. The Bertz CT molecular complexity index is 1440. The first kappa shape index (κ1) is 23.5. The summed E-state index contributed by atoms with van der Waals surface area (Å²) in [5.74, 6) is 0.195. The van der Waals surface area contributed by atoms with Crippen LogP contribution in [0.5, 0.6) is 12.0 Å². The molecule has 0 atom stereocenters. The van der Waals surface area contributed by atoms with E-state index in [0.717, 1.165) is 31.4 Å². The lowest BCUT2D eigenvalue weighted by molar-refractivity contribution is 0.289. The van der Waals surface area contributed by atoms with Gasteiger partial charge < -0.3 is 20.9 Å². The van der Waals surface area contributed by atoms with Crippen molar-refractivity contribution in [3.05, 3.63) is 71.3 Å². The van der Waals surface area contributed by atoms with E-state index in [-0.39, 0.29) is 17.8 Å². The predicted molar refractivity (Wildman–Crippen MR) is 144 cm³/mol. The topological polar surface area (TPSA) is 111 Å². The number of aromatic nitrogens is 4. The van der Waals surface area contributed by atoms with Crippen LogP contribution in [0.2, 0.25) is 0 Å². The van der Waals surface area contributed by atoms with E-state index in [9.17, 15) is 5.11 Å². The minimum atomic E-state index is -0.144. The molecule has 0 spiro atoms. The van der Waals surface area contributed by atoms with Gasteiger partial charge in [-0.1, -0.05) is 61.0 Å².